The van der Waals surface area contributed by atoms with Crippen molar-refractivity contribution in [1.82, 2.24) is 15.2 Å². The Kier molecular flexibility index (Phi) is 4.90. The lowest BCUT2D eigenvalue weighted by Crippen LogP contribution is -2.19. The van der Waals surface area contributed by atoms with E-state index in [4.69, 9.17) is 0 Å². The Balaban J connectivity index is 1.92. The summed E-state index contributed by atoms with van der Waals surface area (Å²) >= 11 is 0. The molecule has 0 bridgehead atoms. The van der Waals surface area contributed by atoms with E-state index in [1.807, 2.05) is 0 Å². The van der Waals surface area contributed by atoms with Crippen LogP contribution < -0.4 is 5.32 Å². The Hall–Kier alpha value is -1.19. The van der Waals surface area contributed by atoms with Gasteiger partial charge in [-0.25, -0.2) is 4.98 Å². The summed E-state index contributed by atoms with van der Waals surface area (Å²) in [5, 5.41) is 11.8. The lowest BCUT2D eigenvalue weighted by atomic mass is 9.89. The van der Waals surface area contributed by atoms with Gasteiger partial charge in [0.2, 0.25) is 5.95 Å². The first kappa shape index (κ1) is 13.2. The molecule has 1 N–H and O–H groups in total. The van der Waals surface area contributed by atoms with E-state index in [0.717, 1.165) is 36.7 Å². The van der Waals surface area contributed by atoms with Crippen molar-refractivity contribution in [2.45, 2.75) is 58.8 Å². The maximum Gasteiger partial charge on any atom is 0.242 e. The maximum absolute atomic E-state index is 4.56. The van der Waals surface area contributed by atoms with Gasteiger partial charge in [0.05, 0.1) is 11.4 Å². The minimum absolute atomic E-state index is 0.703. The van der Waals surface area contributed by atoms with Crippen LogP contribution in [0.25, 0.3) is 0 Å². The van der Waals surface area contributed by atoms with Gasteiger partial charge in [0, 0.05) is 6.54 Å². The Labute approximate surface area is 110 Å². The molecule has 0 amide bonds. The van der Waals surface area contributed by atoms with Gasteiger partial charge in [0.1, 0.15) is 0 Å². The van der Waals surface area contributed by atoms with Gasteiger partial charge in [-0.2, -0.15) is 5.10 Å². The van der Waals surface area contributed by atoms with Crippen molar-refractivity contribution in [1.29, 1.82) is 0 Å². The minimum Gasteiger partial charge on any atom is -0.353 e. The third-order valence-electron chi connectivity index (χ3n) is 3.78. The molecule has 0 spiro atoms. The fraction of sp³-hybridized carbons (Fsp3) is 0.786. The van der Waals surface area contributed by atoms with E-state index in [-0.39, 0.29) is 0 Å². The molecule has 1 aromatic heterocycles. The predicted molar refractivity (Wildman–Crippen MR) is 73.6 cm³/mol. The van der Waals surface area contributed by atoms with Gasteiger partial charge in [-0.05, 0) is 31.6 Å². The second-order valence-electron chi connectivity index (χ2n) is 5.12. The zero-order valence-corrected chi connectivity index (χ0v) is 11.6. The number of hydrogen-bond donors (Lipinski definition) is 1. The van der Waals surface area contributed by atoms with Crippen LogP contribution in [0.2, 0.25) is 0 Å². The molecule has 1 aromatic rings. The summed E-state index contributed by atoms with van der Waals surface area (Å²) in [4.78, 5) is 4.56. The molecule has 0 saturated heterocycles. The average Bonchev–Trinajstić information content (AvgIpc) is 2.45. The molecule has 4 nitrogen and oxygen atoms in total. The Morgan fingerprint density at radius 3 is 2.39 bits per heavy atom. The Bertz CT molecular complexity index is 372. The zero-order valence-electron chi connectivity index (χ0n) is 11.6. The molecule has 18 heavy (non-hydrogen) atoms. The molecule has 0 aromatic carbocycles. The predicted octanol–water partition coefficient (Wildman–Crippen LogP) is 2.99. The van der Waals surface area contributed by atoms with Crippen LogP contribution in [0.3, 0.4) is 0 Å². The number of anilines is 1. The number of nitrogens with zero attached hydrogens (tertiary/aromatic N) is 3. The number of aromatic nitrogens is 3. The topological polar surface area (TPSA) is 50.7 Å². The SMILES string of the molecule is CCc1nnc(NCC2CCCCC2)nc1CC. The third-order valence-corrected chi connectivity index (χ3v) is 3.78. The summed E-state index contributed by atoms with van der Waals surface area (Å²) in [5.74, 6) is 1.49. The summed E-state index contributed by atoms with van der Waals surface area (Å²) in [6, 6.07) is 0. The Morgan fingerprint density at radius 2 is 1.72 bits per heavy atom. The van der Waals surface area contributed by atoms with Gasteiger partial charge in [-0.3, -0.25) is 0 Å². The summed E-state index contributed by atoms with van der Waals surface area (Å²) in [7, 11) is 0. The van der Waals surface area contributed by atoms with E-state index in [2.05, 4.69) is 34.3 Å². The lowest BCUT2D eigenvalue weighted by Gasteiger charge is -2.21. The standard InChI is InChI=1S/C14H24N4/c1-3-12-13(4-2)17-18-14(16-12)15-10-11-8-6-5-7-9-11/h11H,3-10H2,1-2H3,(H,15,16,18). The number of nitrogens with one attached hydrogen (secondary N) is 1. The van der Waals surface area contributed by atoms with Gasteiger partial charge in [0.25, 0.3) is 0 Å². The van der Waals surface area contributed by atoms with E-state index in [0.29, 0.717) is 5.95 Å². The van der Waals surface area contributed by atoms with Crippen molar-refractivity contribution in [2.24, 2.45) is 5.92 Å². The second-order valence-corrected chi connectivity index (χ2v) is 5.12. The first-order chi connectivity index (χ1) is 8.83. The fourth-order valence-electron chi connectivity index (χ4n) is 2.64. The van der Waals surface area contributed by atoms with Crippen molar-refractivity contribution in [3.8, 4) is 0 Å². The van der Waals surface area contributed by atoms with E-state index in [1.165, 1.54) is 32.1 Å². The molecule has 1 aliphatic rings. The summed E-state index contributed by atoms with van der Waals surface area (Å²) in [5.41, 5.74) is 2.11. The number of rotatable bonds is 5. The molecular formula is C14H24N4. The average molecular weight is 248 g/mol. The van der Waals surface area contributed by atoms with Crippen molar-refractivity contribution < 1.29 is 0 Å². The number of aryl methyl sites for hydroxylation is 2. The van der Waals surface area contributed by atoms with E-state index < -0.39 is 0 Å². The largest absolute Gasteiger partial charge is 0.353 e. The van der Waals surface area contributed by atoms with Gasteiger partial charge in [-0.1, -0.05) is 33.1 Å². The van der Waals surface area contributed by atoms with Gasteiger partial charge in [0.15, 0.2) is 0 Å². The van der Waals surface area contributed by atoms with Crippen LogP contribution in [0.4, 0.5) is 5.95 Å². The lowest BCUT2D eigenvalue weighted by molar-refractivity contribution is 0.373. The van der Waals surface area contributed by atoms with Crippen LogP contribution in [0.1, 0.15) is 57.3 Å². The van der Waals surface area contributed by atoms with Crippen molar-refractivity contribution in [3.05, 3.63) is 11.4 Å². The van der Waals surface area contributed by atoms with Crippen LogP contribution >= 0.6 is 0 Å². The summed E-state index contributed by atoms with van der Waals surface area (Å²) < 4.78 is 0. The van der Waals surface area contributed by atoms with Gasteiger partial charge >= 0.3 is 0 Å². The molecule has 0 radical (unpaired) electrons. The highest BCUT2D eigenvalue weighted by Gasteiger charge is 2.14. The van der Waals surface area contributed by atoms with Crippen LogP contribution in [0, 0.1) is 5.92 Å². The molecule has 100 valence electrons. The molecule has 1 fully saturated rings. The minimum atomic E-state index is 0.703. The highest BCUT2D eigenvalue weighted by Crippen LogP contribution is 2.23. The molecule has 1 saturated carbocycles. The fourth-order valence-corrected chi connectivity index (χ4v) is 2.64. The Morgan fingerprint density at radius 1 is 1.00 bits per heavy atom. The van der Waals surface area contributed by atoms with E-state index in [1.54, 1.807) is 0 Å². The third kappa shape index (κ3) is 3.40. The molecule has 2 rings (SSSR count). The molecule has 0 aliphatic heterocycles. The normalized spacial score (nSPS) is 16.8. The molecule has 1 heterocycles. The van der Waals surface area contributed by atoms with Gasteiger partial charge < -0.3 is 5.32 Å². The zero-order chi connectivity index (χ0) is 12.8. The summed E-state index contributed by atoms with van der Waals surface area (Å²) in [6.45, 7) is 5.21. The van der Waals surface area contributed by atoms with Crippen molar-refractivity contribution >= 4 is 5.95 Å². The monoisotopic (exact) mass is 248 g/mol. The quantitative estimate of drug-likeness (QED) is 0.870. The maximum atomic E-state index is 4.56. The van der Waals surface area contributed by atoms with Crippen LogP contribution in [0.5, 0.6) is 0 Å². The van der Waals surface area contributed by atoms with Crippen molar-refractivity contribution in [3.63, 3.8) is 0 Å². The molecule has 1 aliphatic carbocycles. The van der Waals surface area contributed by atoms with Crippen molar-refractivity contribution in [2.75, 3.05) is 11.9 Å². The molecule has 4 heteroatoms. The summed E-state index contributed by atoms with van der Waals surface area (Å²) in [6.07, 6.45) is 8.67. The highest BCUT2D eigenvalue weighted by atomic mass is 15.2. The van der Waals surface area contributed by atoms with Crippen LogP contribution in [-0.2, 0) is 12.8 Å². The van der Waals surface area contributed by atoms with Crippen LogP contribution in [-0.4, -0.2) is 21.7 Å². The van der Waals surface area contributed by atoms with Gasteiger partial charge in [-0.15, -0.1) is 5.10 Å². The van der Waals surface area contributed by atoms with E-state index >= 15 is 0 Å². The highest BCUT2D eigenvalue weighted by molar-refractivity contribution is 5.25. The second kappa shape index (κ2) is 6.66. The number of hydrogen-bond acceptors (Lipinski definition) is 4. The smallest absolute Gasteiger partial charge is 0.242 e. The first-order valence-corrected chi connectivity index (χ1v) is 7.29. The molecule has 0 unspecified atom stereocenters. The van der Waals surface area contributed by atoms with E-state index in [9.17, 15) is 0 Å². The van der Waals surface area contributed by atoms with Crippen LogP contribution in [0.15, 0.2) is 0 Å². The molecule has 0 atom stereocenters. The first-order valence-electron chi connectivity index (χ1n) is 7.29. The molecular weight excluding hydrogens is 224 g/mol.